The number of aromatic nitrogens is 1. The maximum absolute atomic E-state index is 8.74. The number of pyridine rings is 1. The maximum atomic E-state index is 8.74. The lowest BCUT2D eigenvalue weighted by atomic mass is 10.3. The highest BCUT2D eigenvalue weighted by molar-refractivity contribution is 8.00. The molecule has 5 heteroatoms. The van der Waals surface area contributed by atoms with Crippen molar-refractivity contribution in [1.29, 1.82) is 5.26 Å². The highest BCUT2D eigenvalue weighted by Crippen LogP contribution is 2.30. The summed E-state index contributed by atoms with van der Waals surface area (Å²) < 4.78 is 0. The second-order valence-corrected chi connectivity index (χ2v) is 4.79. The lowest BCUT2D eigenvalue weighted by Crippen LogP contribution is -1.98. The molecule has 0 radical (unpaired) electrons. The highest BCUT2D eigenvalue weighted by Gasteiger charge is 2.10. The Morgan fingerprint density at radius 2 is 2.43 bits per heavy atom. The van der Waals surface area contributed by atoms with E-state index in [9.17, 15) is 0 Å². The topological polar surface area (TPSA) is 36.7 Å². The highest BCUT2D eigenvalue weighted by atomic mass is 35.5. The molecule has 74 valence electrons. The Kier molecular flexibility index (Phi) is 4.53. The molecule has 0 fully saturated rings. The molecule has 1 rings (SSSR count). The first-order valence-corrected chi connectivity index (χ1v) is 5.75. The van der Waals surface area contributed by atoms with E-state index in [0.717, 1.165) is 0 Å². The first kappa shape index (κ1) is 11.6. The summed E-state index contributed by atoms with van der Waals surface area (Å²) in [6.07, 6.45) is 1.58. The van der Waals surface area contributed by atoms with Gasteiger partial charge in [0.1, 0.15) is 11.1 Å². The van der Waals surface area contributed by atoms with E-state index in [0.29, 0.717) is 21.5 Å². The van der Waals surface area contributed by atoms with Crippen LogP contribution in [0.3, 0.4) is 0 Å². The summed E-state index contributed by atoms with van der Waals surface area (Å²) in [5.41, 5.74) is 0.450. The first-order valence-electron chi connectivity index (χ1n) is 3.96. The minimum Gasteiger partial charge on any atom is -0.248 e. The van der Waals surface area contributed by atoms with Gasteiger partial charge in [-0.3, -0.25) is 0 Å². The number of thioether (sulfide) groups is 1. The van der Waals surface area contributed by atoms with Gasteiger partial charge in [-0.2, -0.15) is 5.26 Å². The van der Waals surface area contributed by atoms with Crippen molar-refractivity contribution in [2.45, 2.75) is 17.2 Å². The monoisotopic (exact) mass is 246 g/mol. The molecule has 0 aliphatic carbocycles. The molecular weight excluding hydrogens is 239 g/mol. The Bertz CT molecular complexity index is 362. The number of hydrogen-bond donors (Lipinski definition) is 0. The predicted octanol–water partition coefficient (Wildman–Crippen LogP) is 3.33. The van der Waals surface area contributed by atoms with Gasteiger partial charge in [-0.1, -0.05) is 18.5 Å². The van der Waals surface area contributed by atoms with Crippen LogP contribution in [0.25, 0.3) is 0 Å². The summed E-state index contributed by atoms with van der Waals surface area (Å²) in [4.78, 5) is 4.10. The van der Waals surface area contributed by atoms with Gasteiger partial charge in [-0.05, 0) is 6.07 Å². The van der Waals surface area contributed by atoms with Crippen LogP contribution < -0.4 is 0 Å². The summed E-state index contributed by atoms with van der Waals surface area (Å²) in [6, 6.07) is 3.60. The molecule has 14 heavy (non-hydrogen) atoms. The Morgan fingerprint density at radius 1 is 1.71 bits per heavy atom. The van der Waals surface area contributed by atoms with Crippen LogP contribution in [0.5, 0.6) is 0 Å². The molecule has 1 aromatic rings. The van der Waals surface area contributed by atoms with E-state index < -0.39 is 0 Å². The summed E-state index contributed by atoms with van der Waals surface area (Å²) >= 11 is 13.1. The van der Waals surface area contributed by atoms with Crippen molar-refractivity contribution in [2.75, 3.05) is 5.88 Å². The fourth-order valence-corrected chi connectivity index (χ4v) is 2.07. The van der Waals surface area contributed by atoms with E-state index in [-0.39, 0.29) is 5.25 Å². The van der Waals surface area contributed by atoms with Gasteiger partial charge in [-0.25, -0.2) is 4.98 Å². The molecule has 0 aliphatic heterocycles. The van der Waals surface area contributed by atoms with E-state index in [4.69, 9.17) is 28.5 Å². The van der Waals surface area contributed by atoms with Crippen molar-refractivity contribution in [3.8, 4) is 6.07 Å². The minimum atomic E-state index is 0.232. The van der Waals surface area contributed by atoms with Crippen LogP contribution in [0.4, 0.5) is 0 Å². The van der Waals surface area contributed by atoms with Gasteiger partial charge in [-0.15, -0.1) is 23.4 Å². The molecule has 0 amide bonds. The van der Waals surface area contributed by atoms with Crippen LogP contribution in [0.1, 0.15) is 12.5 Å². The third kappa shape index (κ3) is 2.78. The molecule has 1 heterocycles. The molecule has 1 aromatic heterocycles. The number of hydrogen-bond acceptors (Lipinski definition) is 3. The van der Waals surface area contributed by atoms with Crippen molar-refractivity contribution in [3.63, 3.8) is 0 Å². The Hall–Kier alpha value is -0.430. The molecule has 0 saturated carbocycles. The molecule has 1 atom stereocenters. The zero-order valence-electron chi connectivity index (χ0n) is 7.50. The van der Waals surface area contributed by atoms with Gasteiger partial charge in [0.15, 0.2) is 0 Å². The SMILES string of the molecule is CC(CCl)Sc1nccc(C#N)c1Cl. The van der Waals surface area contributed by atoms with E-state index in [1.807, 2.05) is 13.0 Å². The third-order valence-electron chi connectivity index (χ3n) is 1.51. The van der Waals surface area contributed by atoms with E-state index in [2.05, 4.69) is 4.98 Å². The lowest BCUT2D eigenvalue weighted by molar-refractivity contribution is 1.07. The largest absolute Gasteiger partial charge is 0.248 e. The van der Waals surface area contributed by atoms with Gasteiger partial charge in [0.05, 0.1) is 10.6 Å². The molecular formula is C9H8Cl2N2S. The first-order chi connectivity index (χ1) is 6.69. The average Bonchev–Trinajstić information content (AvgIpc) is 2.21. The second kappa shape index (κ2) is 5.45. The fourth-order valence-electron chi connectivity index (χ4n) is 0.815. The van der Waals surface area contributed by atoms with Gasteiger partial charge in [0, 0.05) is 17.3 Å². The van der Waals surface area contributed by atoms with Crippen molar-refractivity contribution in [3.05, 3.63) is 22.8 Å². The standard InChI is InChI=1S/C9H8Cl2N2S/c1-6(4-10)14-9-8(11)7(5-12)2-3-13-9/h2-3,6H,4H2,1H3. The summed E-state index contributed by atoms with van der Waals surface area (Å²) in [5.74, 6) is 0.527. The van der Waals surface area contributed by atoms with Crippen LogP contribution in [0.2, 0.25) is 5.02 Å². The molecule has 0 bridgehead atoms. The lowest BCUT2D eigenvalue weighted by Gasteiger charge is -2.07. The van der Waals surface area contributed by atoms with E-state index in [1.54, 1.807) is 12.3 Å². The Balaban J connectivity index is 2.94. The molecule has 2 nitrogen and oxygen atoms in total. The molecule has 0 spiro atoms. The number of nitrogens with zero attached hydrogens (tertiary/aromatic N) is 2. The number of alkyl halides is 1. The van der Waals surface area contributed by atoms with Gasteiger partial charge in [0.2, 0.25) is 0 Å². The van der Waals surface area contributed by atoms with Crippen LogP contribution in [-0.2, 0) is 0 Å². The van der Waals surface area contributed by atoms with Crippen molar-refractivity contribution < 1.29 is 0 Å². The number of nitriles is 1. The maximum Gasteiger partial charge on any atom is 0.116 e. The van der Waals surface area contributed by atoms with Crippen LogP contribution in [-0.4, -0.2) is 16.1 Å². The van der Waals surface area contributed by atoms with Gasteiger partial charge in [0.25, 0.3) is 0 Å². The van der Waals surface area contributed by atoms with Crippen LogP contribution in [0.15, 0.2) is 17.3 Å². The van der Waals surface area contributed by atoms with Crippen molar-refractivity contribution in [2.24, 2.45) is 0 Å². The normalized spacial score (nSPS) is 12.1. The zero-order chi connectivity index (χ0) is 10.6. The molecule has 0 N–H and O–H groups in total. The van der Waals surface area contributed by atoms with E-state index in [1.165, 1.54) is 11.8 Å². The third-order valence-corrected chi connectivity index (χ3v) is 3.75. The molecule has 0 saturated heterocycles. The van der Waals surface area contributed by atoms with Crippen molar-refractivity contribution >= 4 is 35.0 Å². The number of halogens is 2. The average molecular weight is 247 g/mol. The zero-order valence-corrected chi connectivity index (χ0v) is 9.83. The van der Waals surface area contributed by atoms with E-state index >= 15 is 0 Å². The molecule has 0 aliphatic rings. The smallest absolute Gasteiger partial charge is 0.116 e. The van der Waals surface area contributed by atoms with Crippen LogP contribution in [0, 0.1) is 11.3 Å². The molecule has 1 unspecified atom stereocenters. The quantitative estimate of drug-likeness (QED) is 0.607. The fraction of sp³-hybridized carbons (Fsp3) is 0.333. The summed E-state index contributed by atoms with van der Waals surface area (Å²) in [5, 5.41) is 10.0. The predicted molar refractivity (Wildman–Crippen MR) is 60.0 cm³/mol. The second-order valence-electron chi connectivity index (χ2n) is 2.67. The Labute approximate surface area is 97.2 Å². The molecule has 0 aromatic carbocycles. The minimum absolute atomic E-state index is 0.232. The summed E-state index contributed by atoms with van der Waals surface area (Å²) in [6.45, 7) is 1.98. The van der Waals surface area contributed by atoms with Gasteiger partial charge < -0.3 is 0 Å². The van der Waals surface area contributed by atoms with Gasteiger partial charge >= 0.3 is 0 Å². The Morgan fingerprint density at radius 3 is 3.00 bits per heavy atom. The summed E-state index contributed by atoms with van der Waals surface area (Å²) in [7, 11) is 0. The number of rotatable bonds is 3. The van der Waals surface area contributed by atoms with Crippen molar-refractivity contribution in [1.82, 2.24) is 4.98 Å². The van der Waals surface area contributed by atoms with Crippen LogP contribution >= 0.6 is 35.0 Å².